The highest BCUT2D eigenvalue weighted by molar-refractivity contribution is 6.69. The molecule has 0 aliphatic carbocycles. The van der Waals surface area contributed by atoms with Crippen molar-refractivity contribution in [1.29, 1.82) is 5.26 Å². The zero-order chi connectivity index (χ0) is 12.5. The highest BCUT2D eigenvalue weighted by atomic mass is 28.4. The lowest BCUT2D eigenvalue weighted by Gasteiger charge is -2.19. The fourth-order valence-corrected chi connectivity index (χ4v) is 2.51. The van der Waals surface area contributed by atoms with Crippen molar-refractivity contribution >= 4 is 19.3 Å². The molecule has 0 bridgehead atoms. The summed E-state index contributed by atoms with van der Waals surface area (Å²) in [6.45, 7) is 6.17. The van der Waals surface area contributed by atoms with Crippen LogP contribution in [0, 0.1) is 11.3 Å². The predicted molar refractivity (Wildman–Crippen MR) is 69.0 cm³/mol. The summed E-state index contributed by atoms with van der Waals surface area (Å²) in [5.74, 6) is 0.594. The summed E-state index contributed by atoms with van der Waals surface area (Å²) in [4.78, 5) is 0. The number of nitrogens with zero attached hydrogens (tertiary/aromatic N) is 1. The average molecular weight is 245 g/mol. The van der Waals surface area contributed by atoms with Crippen LogP contribution in [0.4, 0.5) is 0 Å². The third-order valence-corrected chi connectivity index (χ3v) is 3.23. The summed E-state index contributed by atoms with van der Waals surface area (Å²) in [6.07, 6.45) is -0.603. The Kier molecular flexibility index (Phi) is 3.05. The van der Waals surface area contributed by atoms with E-state index < -0.39 is 14.4 Å². The van der Waals surface area contributed by atoms with Crippen molar-refractivity contribution in [2.24, 2.45) is 0 Å². The Hall–Kier alpha value is -1.57. The largest absolute Gasteiger partial charge is 0.457 e. The third kappa shape index (κ3) is 2.76. The number of nitriles is 1. The van der Waals surface area contributed by atoms with Gasteiger partial charge in [-0.25, -0.2) is 0 Å². The molecule has 0 N–H and O–H groups in total. The molecule has 0 amide bonds. The minimum absolute atomic E-state index is 0.594. The number of rotatable bonds is 3. The third-order valence-electron chi connectivity index (χ3n) is 2.29. The number of furan rings is 1. The second-order valence-corrected chi connectivity index (χ2v) is 9.39. The average Bonchev–Trinajstić information content (AvgIpc) is 2.67. The van der Waals surface area contributed by atoms with Gasteiger partial charge in [0, 0.05) is 5.39 Å². The van der Waals surface area contributed by atoms with E-state index in [1.165, 1.54) is 0 Å². The summed E-state index contributed by atoms with van der Waals surface area (Å²) in [5, 5.41) is 10.2. The normalized spacial score (nSPS) is 13.5. The van der Waals surface area contributed by atoms with Crippen molar-refractivity contribution in [3.63, 3.8) is 0 Å². The maximum atomic E-state index is 9.16. The molecule has 2 aromatic rings. The lowest BCUT2D eigenvalue weighted by Crippen LogP contribution is -2.27. The van der Waals surface area contributed by atoms with Crippen LogP contribution in [-0.2, 0) is 4.43 Å². The summed E-state index contributed by atoms with van der Waals surface area (Å²) >= 11 is 0. The Morgan fingerprint density at radius 1 is 1.29 bits per heavy atom. The van der Waals surface area contributed by atoms with Gasteiger partial charge in [-0.05, 0) is 31.8 Å². The minimum Gasteiger partial charge on any atom is -0.457 e. The van der Waals surface area contributed by atoms with E-state index in [9.17, 15) is 0 Å². The zero-order valence-corrected chi connectivity index (χ0v) is 11.2. The first-order chi connectivity index (χ1) is 7.99. The number of hydrogen-bond acceptors (Lipinski definition) is 3. The molecule has 1 atom stereocenters. The summed E-state index contributed by atoms with van der Waals surface area (Å²) < 4.78 is 11.4. The molecule has 0 spiro atoms. The first kappa shape index (κ1) is 11.9. The second kappa shape index (κ2) is 4.36. The predicted octanol–water partition coefficient (Wildman–Crippen LogP) is 3.85. The van der Waals surface area contributed by atoms with Crippen LogP contribution in [0.25, 0.3) is 11.0 Å². The highest BCUT2D eigenvalue weighted by Gasteiger charge is 2.24. The highest BCUT2D eigenvalue weighted by Crippen LogP contribution is 2.27. The number of hydrogen-bond donors (Lipinski definition) is 0. The first-order valence-electron chi connectivity index (χ1n) is 5.55. The lowest BCUT2D eigenvalue weighted by molar-refractivity contribution is 0.225. The van der Waals surface area contributed by atoms with Gasteiger partial charge in [-0.15, -0.1) is 0 Å². The van der Waals surface area contributed by atoms with Crippen molar-refractivity contribution in [3.05, 3.63) is 36.1 Å². The first-order valence-corrected chi connectivity index (χ1v) is 8.96. The van der Waals surface area contributed by atoms with Gasteiger partial charge in [0.05, 0.1) is 0 Å². The molecule has 3 nitrogen and oxygen atoms in total. The molecule has 1 heterocycles. The Morgan fingerprint density at radius 3 is 2.59 bits per heavy atom. The second-order valence-electron chi connectivity index (χ2n) is 4.93. The Morgan fingerprint density at radius 2 is 2.00 bits per heavy atom. The quantitative estimate of drug-likeness (QED) is 0.772. The summed E-state index contributed by atoms with van der Waals surface area (Å²) in [7, 11) is -1.76. The topological polar surface area (TPSA) is 46.2 Å². The van der Waals surface area contributed by atoms with E-state index in [4.69, 9.17) is 14.1 Å². The molecular formula is C13H15NO2Si. The Bertz CT molecular complexity index is 530. The number of benzene rings is 1. The summed E-state index contributed by atoms with van der Waals surface area (Å²) in [6, 6.07) is 11.7. The molecule has 1 aromatic carbocycles. The maximum Gasteiger partial charge on any atom is 0.192 e. The van der Waals surface area contributed by atoms with Crippen LogP contribution in [0.15, 0.2) is 34.7 Å². The van der Waals surface area contributed by atoms with E-state index in [0.29, 0.717) is 5.76 Å². The molecular weight excluding hydrogens is 230 g/mol. The molecule has 17 heavy (non-hydrogen) atoms. The molecule has 0 fully saturated rings. The van der Waals surface area contributed by atoms with Gasteiger partial charge in [-0.3, -0.25) is 0 Å². The molecule has 88 valence electrons. The van der Waals surface area contributed by atoms with E-state index in [-0.39, 0.29) is 0 Å². The van der Waals surface area contributed by atoms with Gasteiger partial charge < -0.3 is 8.84 Å². The molecule has 1 unspecified atom stereocenters. The van der Waals surface area contributed by atoms with Gasteiger partial charge in [0.15, 0.2) is 14.4 Å². The monoisotopic (exact) mass is 245 g/mol. The van der Waals surface area contributed by atoms with E-state index >= 15 is 0 Å². The fourth-order valence-electron chi connectivity index (χ4n) is 1.63. The molecule has 0 aliphatic rings. The SMILES string of the molecule is C[Si](C)(C)OC(C#N)c1cc2ccccc2o1. The van der Waals surface area contributed by atoms with Crippen LogP contribution in [0.5, 0.6) is 0 Å². The van der Waals surface area contributed by atoms with Gasteiger partial charge in [0.25, 0.3) is 0 Å². The lowest BCUT2D eigenvalue weighted by atomic mass is 10.2. The van der Waals surface area contributed by atoms with Crippen LogP contribution in [0.2, 0.25) is 19.6 Å². The Balaban J connectivity index is 2.34. The van der Waals surface area contributed by atoms with Crippen LogP contribution in [0.3, 0.4) is 0 Å². The Labute approximate surface area is 102 Å². The minimum atomic E-state index is -1.76. The van der Waals surface area contributed by atoms with E-state index in [0.717, 1.165) is 11.0 Å². The molecule has 0 saturated carbocycles. The smallest absolute Gasteiger partial charge is 0.192 e. The van der Waals surface area contributed by atoms with Gasteiger partial charge in [-0.1, -0.05) is 18.2 Å². The fraction of sp³-hybridized carbons (Fsp3) is 0.308. The van der Waals surface area contributed by atoms with Crippen molar-refractivity contribution in [2.75, 3.05) is 0 Å². The molecule has 2 rings (SSSR count). The van der Waals surface area contributed by atoms with Crippen molar-refractivity contribution in [2.45, 2.75) is 25.7 Å². The van der Waals surface area contributed by atoms with Gasteiger partial charge in [0.2, 0.25) is 0 Å². The molecule has 1 aromatic heterocycles. The van der Waals surface area contributed by atoms with Crippen LogP contribution < -0.4 is 0 Å². The zero-order valence-electron chi connectivity index (χ0n) is 10.2. The number of para-hydroxylation sites is 1. The van der Waals surface area contributed by atoms with Crippen molar-refractivity contribution in [1.82, 2.24) is 0 Å². The van der Waals surface area contributed by atoms with Gasteiger partial charge in [-0.2, -0.15) is 5.26 Å². The van der Waals surface area contributed by atoms with Crippen LogP contribution in [0.1, 0.15) is 11.9 Å². The molecule has 0 saturated heterocycles. The standard InChI is InChI=1S/C13H15NO2Si/c1-17(2,3)16-13(9-14)12-8-10-6-4-5-7-11(10)15-12/h4-8,13H,1-3H3. The van der Waals surface area contributed by atoms with Crippen LogP contribution >= 0.6 is 0 Å². The number of fused-ring (bicyclic) bond motifs is 1. The summed E-state index contributed by atoms with van der Waals surface area (Å²) in [5.41, 5.74) is 0.793. The van der Waals surface area contributed by atoms with Crippen molar-refractivity contribution in [3.8, 4) is 6.07 Å². The molecule has 4 heteroatoms. The van der Waals surface area contributed by atoms with E-state index in [1.54, 1.807) is 0 Å². The van der Waals surface area contributed by atoms with Crippen LogP contribution in [-0.4, -0.2) is 8.32 Å². The van der Waals surface area contributed by atoms with Gasteiger partial charge in [0.1, 0.15) is 17.4 Å². The van der Waals surface area contributed by atoms with E-state index in [1.807, 2.05) is 30.3 Å². The van der Waals surface area contributed by atoms with Gasteiger partial charge >= 0.3 is 0 Å². The van der Waals surface area contributed by atoms with Crippen molar-refractivity contribution < 1.29 is 8.84 Å². The molecule has 0 aliphatic heterocycles. The molecule has 0 radical (unpaired) electrons. The van der Waals surface area contributed by atoms with E-state index in [2.05, 4.69) is 25.7 Å². The maximum absolute atomic E-state index is 9.16.